The monoisotopic (exact) mass is 275 g/mol. The first-order valence-electron chi connectivity index (χ1n) is 6.30. The number of rotatable bonds is 1. The first-order chi connectivity index (χ1) is 9.70. The van der Waals surface area contributed by atoms with E-state index >= 15 is 0 Å². The zero-order valence-corrected chi connectivity index (χ0v) is 10.4. The number of hydrogen-bond acceptors (Lipinski definition) is 3. The summed E-state index contributed by atoms with van der Waals surface area (Å²) in [4.78, 5) is 14.5. The highest BCUT2D eigenvalue weighted by atomic mass is 19.1. The summed E-state index contributed by atoms with van der Waals surface area (Å²) in [6.45, 7) is 0.647. The Kier molecular flexibility index (Phi) is 2.37. The number of aromatic amines is 2. The number of aromatic nitrogens is 4. The zero-order chi connectivity index (χ0) is 13.7. The summed E-state index contributed by atoms with van der Waals surface area (Å²) in [5, 5.41) is 3.29. The largest absolute Gasteiger partial charge is 0.347 e. The molecule has 0 radical (unpaired) electrons. The van der Waals surface area contributed by atoms with Gasteiger partial charge in [0, 0.05) is 19.0 Å². The van der Waals surface area contributed by atoms with Gasteiger partial charge >= 0.3 is 0 Å². The second-order valence-corrected chi connectivity index (χ2v) is 4.87. The number of nitrogens with one attached hydrogen (secondary N) is 3. The maximum Gasteiger partial charge on any atom is 0.153 e. The lowest BCUT2D eigenvalue weighted by molar-refractivity contribution is 0.471. The number of imidazole rings is 2. The summed E-state index contributed by atoms with van der Waals surface area (Å²) in [5.41, 5.74) is 2.55. The summed E-state index contributed by atoms with van der Waals surface area (Å²) in [5.74, 6) is -0.673. The van der Waals surface area contributed by atoms with Crippen LogP contribution in [-0.4, -0.2) is 19.9 Å². The highest BCUT2D eigenvalue weighted by Gasteiger charge is 2.24. The van der Waals surface area contributed by atoms with Gasteiger partial charge in [0.05, 0.1) is 29.3 Å². The number of benzene rings is 1. The Bertz CT molecular complexity index is 791. The molecule has 0 bridgehead atoms. The van der Waals surface area contributed by atoms with Gasteiger partial charge in [-0.1, -0.05) is 0 Å². The van der Waals surface area contributed by atoms with Gasteiger partial charge in [-0.3, -0.25) is 0 Å². The average Bonchev–Trinajstić information content (AvgIpc) is 3.03. The molecule has 1 atom stereocenters. The van der Waals surface area contributed by atoms with Crippen molar-refractivity contribution < 1.29 is 8.78 Å². The molecule has 0 spiro atoms. The van der Waals surface area contributed by atoms with Gasteiger partial charge in [0.1, 0.15) is 17.2 Å². The molecule has 0 saturated heterocycles. The van der Waals surface area contributed by atoms with Crippen molar-refractivity contribution in [3.8, 4) is 0 Å². The van der Waals surface area contributed by atoms with E-state index < -0.39 is 11.6 Å². The molecule has 0 saturated carbocycles. The van der Waals surface area contributed by atoms with Gasteiger partial charge in [0.15, 0.2) is 5.82 Å². The first kappa shape index (κ1) is 11.5. The lowest BCUT2D eigenvalue weighted by Gasteiger charge is -2.20. The van der Waals surface area contributed by atoms with Crippen LogP contribution in [0.1, 0.15) is 23.3 Å². The van der Waals surface area contributed by atoms with Crippen molar-refractivity contribution in [2.24, 2.45) is 0 Å². The molecule has 3 heterocycles. The fourth-order valence-electron chi connectivity index (χ4n) is 2.59. The van der Waals surface area contributed by atoms with Crippen molar-refractivity contribution in [1.82, 2.24) is 25.3 Å². The van der Waals surface area contributed by atoms with Crippen LogP contribution in [0.2, 0.25) is 0 Å². The van der Waals surface area contributed by atoms with Crippen LogP contribution >= 0.6 is 0 Å². The standard InChI is InChI=1S/C13H11F2N5/c14-6-1-7(15)12-9(2-6)19-13(20-12)10-3-8-11(4-16-10)18-5-17-8/h1-2,5,10,16H,3-4H2,(H,17,18)(H,19,20). The van der Waals surface area contributed by atoms with Gasteiger partial charge in [-0.15, -0.1) is 0 Å². The van der Waals surface area contributed by atoms with Crippen LogP contribution in [0.3, 0.4) is 0 Å². The van der Waals surface area contributed by atoms with E-state index in [0.717, 1.165) is 17.5 Å². The molecule has 7 heteroatoms. The number of nitrogens with zero attached hydrogens (tertiary/aromatic N) is 2. The van der Waals surface area contributed by atoms with Crippen LogP contribution < -0.4 is 5.32 Å². The van der Waals surface area contributed by atoms with Crippen LogP contribution in [0, 0.1) is 11.6 Å². The Labute approximate surface area is 112 Å². The summed E-state index contributed by atoms with van der Waals surface area (Å²) >= 11 is 0. The topological polar surface area (TPSA) is 69.4 Å². The quantitative estimate of drug-likeness (QED) is 0.636. The van der Waals surface area contributed by atoms with Gasteiger partial charge in [-0.2, -0.15) is 0 Å². The van der Waals surface area contributed by atoms with Gasteiger partial charge in [-0.25, -0.2) is 18.7 Å². The number of H-pyrrole nitrogens is 2. The second-order valence-electron chi connectivity index (χ2n) is 4.87. The van der Waals surface area contributed by atoms with Crippen LogP contribution in [0.15, 0.2) is 18.5 Å². The lowest BCUT2D eigenvalue weighted by atomic mass is 10.1. The minimum Gasteiger partial charge on any atom is -0.347 e. The molecule has 3 N–H and O–H groups in total. The Morgan fingerprint density at radius 2 is 2.15 bits per heavy atom. The molecule has 0 fully saturated rings. The third-order valence-corrected chi connectivity index (χ3v) is 3.58. The minimum atomic E-state index is -0.654. The van der Waals surface area contributed by atoms with E-state index in [2.05, 4.69) is 25.3 Å². The van der Waals surface area contributed by atoms with Crippen LogP contribution in [0.4, 0.5) is 8.78 Å². The van der Waals surface area contributed by atoms with Crippen molar-refractivity contribution in [3.63, 3.8) is 0 Å². The van der Waals surface area contributed by atoms with E-state index in [1.165, 1.54) is 6.07 Å². The highest BCUT2D eigenvalue weighted by molar-refractivity contribution is 5.75. The van der Waals surface area contributed by atoms with Gasteiger partial charge in [0.25, 0.3) is 0 Å². The Morgan fingerprint density at radius 1 is 1.25 bits per heavy atom. The number of hydrogen-bond donors (Lipinski definition) is 3. The summed E-state index contributed by atoms with van der Waals surface area (Å²) in [7, 11) is 0. The van der Waals surface area contributed by atoms with E-state index in [1.807, 2.05) is 0 Å². The van der Waals surface area contributed by atoms with E-state index in [9.17, 15) is 8.78 Å². The second kappa shape index (κ2) is 4.11. The molecule has 1 aliphatic rings. The molecule has 1 aliphatic heterocycles. The van der Waals surface area contributed by atoms with Crippen LogP contribution in [-0.2, 0) is 13.0 Å². The highest BCUT2D eigenvalue weighted by Crippen LogP contribution is 2.25. The van der Waals surface area contributed by atoms with Crippen molar-refractivity contribution in [2.45, 2.75) is 19.0 Å². The molecular formula is C13H11F2N5. The summed E-state index contributed by atoms with van der Waals surface area (Å²) in [6, 6.07) is 2.01. The van der Waals surface area contributed by atoms with Crippen molar-refractivity contribution in [1.29, 1.82) is 0 Å². The fourth-order valence-corrected chi connectivity index (χ4v) is 2.59. The van der Waals surface area contributed by atoms with Crippen LogP contribution in [0.5, 0.6) is 0 Å². The molecule has 4 rings (SSSR count). The number of fused-ring (bicyclic) bond motifs is 2. The van der Waals surface area contributed by atoms with Gasteiger partial charge < -0.3 is 15.3 Å². The van der Waals surface area contributed by atoms with E-state index in [4.69, 9.17) is 0 Å². The predicted molar refractivity (Wildman–Crippen MR) is 67.9 cm³/mol. The molecule has 1 aromatic carbocycles. The first-order valence-corrected chi connectivity index (χ1v) is 6.30. The Hall–Kier alpha value is -2.28. The SMILES string of the molecule is Fc1cc(F)c2nc(C3Cc4nc[nH]c4CN3)[nH]c2c1. The van der Waals surface area contributed by atoms with E-state index in [1.54, 1.807) is 6.33 Å². The molecule has 0 aliphatic carbocycles. The van der Waals surface area contributed by atoms with Crippen molar-refractivity contribution in [3.05, 3.63) is 47.3 Å². The minimum absolute atomic E-state index is 0.0827. The number of halogens is 2. The Balaban J connectivity index is 1.75. The molecule has 3 aromatic rings. The third-order valence-electron chi connectivity index (χ3n) is 3.58. The normalized spacial score (nSPS) is 18.4. The molecular weight excluding hydrogens is 264 g/mol. The summed E-state index contributed by atoms with van der Waals surface area (Å²) < 4.78 is 26.8. The smallest absolute Gasteiger partial charge is 0.153 e. The maximum absolute atomic E-state index is 13.7. The molecule has 20 heavy (non-hydrogen) atoms. The summed E-state index contributed by atoms with van der Waals surface area (Å²) in [6.07, 6.45) is 2.31. The molecule has 102 valence electrons. The lowest BCUT2D eigenvalue weighted by Crippen LogP contribution is -2.29. The van der Waals surface area contributed by atoms with Gasteiger partial charge in [0.2, 0.25) is 0 Å². The Morgan fingerprint density at radius 3 is 3.05 bits per heavy atom. The van der Waals surface area contributed by atoms with Crippen molar-refractivity contribution in [2.75, 3.05) is 0 Å². The maximum atomic E-state index is 13.7. The molecule has 2 aromatic heterocycles. The molecule has 5 nitrogen and oxygen atoms in total. The van der Waals surface area contributed by atoms with Gasteiger partial charge in [-0.05, 0) is 6.07 Å². The zero-order valence-electron chi connectivity index (χ0n) is 10.4. The van der Waals surface area contributed by atoms with Crippen LogP contribution in [0.25, 0.3) is 11.0 Å². The average molecular weight is 275 g/mol. The molecule has 1 unspecified atom stereocenters. The predicted octanol–water partition coefficient (Wildman–Crippen LogP) is 1.95. The third kappa shape index (κ3) is 1.70. The van der Waals surface area contributed by atoms with E-state index in [0.29, 0.717) is 24.3 Å². The fraction of sp³-hybridized carbons (Fsp3) is 0.231. The van der Waals surface area contributed by atoms with Crippen molar-refractivity contribution >= 4 is 11.0 Å². The van der Waals surface area contributed by atoms with E-state index in [-0.39, 0.29) is 11.6 Å². The molecule has 0 amide bonds.